The maximum Gasteiger partial charge on any atom is 0.310 e. The number of aliphatic hydroxyl groups is 1. The van der Waals surface area contributed by atoms with Crippen LogP contribution in [0, 0.1) is 17.8 Å². The van der Waals surface area contributed by atoms with Crippen molar-refractivity contribution in [3.63, 3.8) is 0 Å². The van der Waals surface area contributed by atoms with Gasteiger partial charge in [0.2, 0.25) is 5.91 Å². The Morgan fingerprint density at radius 1 is 1.14 bits per heavy atom. The van der Waals surface area contributed by atoms with Crippen molar-refractivity contribution in [1.29, 1.82) is 0 Å². The average molecular weight is 612 g/mol. The zero-order chi connectivity index (χ0) is 31.3. The van der Waals surface area contributed by atoms with Crippen LogP contribution in [0.4, 0.5) is 11.4 Å². The molecule has 1 N–H and O–H groups in total. The molecule has 3 heterocycles. The van der Waals surface area contributed by atoms with Crippen LogP contribution >= 0.6 is 11.8 Å². The number of hydrogen-bond acceptors (Lipinski definition) is 7. The molecule has 3 aliphatic rings. The SMILES string of the molecule is C=CCCCCOC(=O)[C@@H]1[C@@H]2CC(C)C3(S2)C(C(=O)N(CC=C)c2ccc(N(CC)CC)cc2)N([C@@H](CC)CO)C(=O)[C@H]13. The first kappa shape index (κ1) is 33.1. The fraction of sp³-hybridized carbons (Fsp3) is 0.618. The predicted molar refractivity (Wildman–Crippen MR) is 174 cm³/mol. The highest BCUT2D eigenvalue weighted by Gasteiger charge is 2.77. The molecule has 0 radical (unpaired) electrons. The van der Waals surface area contributed by atoms with Gasteiger partial charge in [0.15, 0.2) is 0 Å². The molecule has 2 amide bonds. The van der Waals surface area contributed by atoms with E-state index < -0.39 is 28.7 Å². The Labute approximate surface area is 261 Å². The van der Waals surface area contributed by atoms with Gasteiger partial charge in [-0.15, -0.1) is 24.9 Å². The molecule has 0 aromatic heterocycles. The van der Waals surface area contributed by atoms with Crippen molar-refractivity contribution in [3.05, 3.63) is 49.6 Å². The summed E-state index contributed by atoms with van der Waals surface area (Å²) in [6.45, 7) is 18.0. The topological polar surface area (TPSA) is 90.4 Å². The molecule has 3 fully saturated rings. The molecular weight excluding hydrogens is 562 g/mol. The summed E-state index contributed by atoms with van der Waals surface area (Å²) in [5.74, 6) is -2.01. The van der Waals surface area contributed by atoms with Crippen molar-refractivity contribution in [1.82, 2.24) is 4.90 Å². The number of anilines is 2. The molecule has 1 aromatic rings. The number of esters is 1. The third-order valence-electron chi connectivity index (χ3n) is 9.68. The highest BCUT2D eigenvalue weighted by molar-refractivity contribution is 8.02. The van der Waals surface area contributed by atoms with Gasteiger partial charge in [-0.05, 0) is 76.1 Å². The van der Waals surface area contributed by atoms with Crippen molar-refractivity contribution < 1.29 is 24.2 Å². The summed E-state index contributed by atoms with van der Waals surface area (Å²) in [7, 11) is 0. The number of benzene rings is 1. The highest BCUT2D eigenvalue weighted by Crippen LogP contribution is 2.69. The lowest BCUT2D eigenvalue weighted by Gasteiger charge is -2.42. The molecule has 0 aliphatic carbocycles. The van der Waals surface area contributed by atoms with Crippen LogP contribution in [0.15, 0.2) is 49.6 Å². The summed E-state index contributed by atoms with van der Waals surface area (Å²) in [5, 5.41) is 10.3. The van der Waals surface area contributed by atoms with E-state index in [1.54, 1.807) is 27.6 Å². The number of aliphatic hydroxyl groups excluding tert-OH is 1. The van der Waals surface area contributed by atoms with E-state index >= 15 is 0 Å². The maximum absolute atomic E-state index is 14.8. The van der Waals surface area contributed by atoms with Crippen molar-refractivity contribution >= 4 is 40.9 Å². The normalized spacial score (nSPS) is 28.0. The van der Waals surface area contributed by atoms with E-state index in [1.165, 1.54) is 0 Å². The van der Waals surface area contributed by atoms with E-state index in [1.807, 2.05) is 37.3 Å². The first-order valence-corrected chi connectivity index (χ1v) is 16.8. The van der Waals surface area contributed by atoms with Gasteiger partial charge in [-0.25, -0.2) is 0 Å². The lowest BCUT2D eigenvalue weighted by molar-refractivity contribution is -0.155. The minimum atomic E-state index is -0.820. The standard InChI is InChI=1S/C34H49N3O5S/c1-7-12-13-14-20-42-33(41)28-27-21-23(6)34(43-27)29(28)31(39)37(24(9-3)22-38)30(34)32(40)36(19-8-2)26-17-15-25(16-18-26)35(10-4)11-5/h7-8,15-18,23-24,27-30,38H,1-2,9-14,19-22H2,3-6H3/t23?,24-,27-,28+,29-,30?,34?/m0/s1. The number of likely N-dealkylation sites (tertiary alicyclic amines) is 1. The van der Waals surface area contributed by atoms with E-state index in [0.29, 0.717) is 13.0 Å². The number of thioether (sulfide) groups is 1. The molecule has 43 heavy (non-hydrogen) atoms. The lowest BCUT2D eigenvalue weighted by atomic mass is 9.66. The third-order valence-corrected chi connectivity index (χ3v) is 11.8. The quantitative estimate of drug-likeness (QED) is 0.159. The number of amides is 2. The summed E-state index contributed by atoms with van der Waals surface area (Å²) in [5.41, 5.74) is 1.80. The number of carbonyl (C=O) groups excluding carboxylic acids is 3. The average Bonchev–Trinajstić information content (AvgIpc) is 3.61. The number of nitrogens with zero attached hydrogens (tertiary/aromatic N) is 3. The number of fused-ring (bicyclic) bond motifs is 1. The first-order chi connectivity index (χ1) is 20.7. The molecule has 4 rings (SSSR count). The van der Waals surface area contributed by atoms with Crippen LogP contribution in [0.25, 0.3) is 0 Å². The summed E-state index contributed by atoms with van der Waals surface area (Å²) in [6.07, 6.45) is 7.26. The Kier molecular flexibility index (Phi) is 11.0. The highest BCUT2D eigenvalue weighted by atomic mass is 32.2. The Balaban J connectivity index is 1.72. The van der Waals surface area contributed by atoms with Gasteiger partial charge in [-0.3, -0.25) is 14.4 Å². The Hall–Kier alpha value is -2.78. The molecular formula is C34H49N3O5S. The maximum atomic E-state index is 14.8. The van der Waals surface area contributed by atoms with Crippen LogP contribution in [0.3, 0.4) is 0 Å². The zero-order valence-electron chi connectivity index (χ0n) is 26.2. The summed E-state index contributed by atoms with van der Waals surface area (Å²) < 4.78 is 4.96. The minimum Gasteiger partial charge on any atom is -0.465 e. The minimum absolute atomic E-state index is 0.0267. The number of ether oxygens (including phenoxy) is 1. The monoisotopic (exact) mass is 611 g/mol. The summed E-state index contributed by atoms with van der Waals surface area (Å²) in [4.78, 5) is 48.4. The van der Waals surface area contributed by atoms with E-state index in [9.17, 15) is 19.5 Å². The molecule has 3 aliphatic heterocycles. The van der Waals surface area contributed by atoms with Gasteiger partial charge in [-0.2, -0.15) is 0 Å². The number of hydrogen-bond donors (Lipinski definition) is 1. The summed E-state index contributed by atoms with van der Waals surface area (Å²) >= 11 is 1.63. The molecule has 2 bridgehead atoms. The second-order valence-electron chi connectivity index (χ2n) is 11.9. The van der Waals surface area contributed by atoms with Gasteiger partial charge < -0.3 is 24.5 Å². The molecule has 1 spiro atoms. The first-order valence-electron chi connectivity index (χ1n) is 15.9. The Bertz CT molecular complexity index is 1170. The van der Waals surface area contributed by atoms with Crippen LogP contribution in [0.5, 0.6) is 0 Å². The van der Waals surface area contributed by atoms with Gasteiger partial charge in [0.25, 0.3) is 5.91 Å². The van der Waals surface area contributed by atoms with Crippen LogP contribution in [0.1, 0.15) is 59.8 Å². The van der Waals surface area contributed by atoms with Gasteiger partial charge >= 0.3 is 5.97 Å². The van der Waals surface area contributed by atoms with Crippen LogP contribution in [0.2, 0.25) is 0 Å². The van der Waals surface area contributed by atoms with Crippen LogP contribution in [-0.4, -0.2) is 82.7 Å². The molecule has 3 saturated heterocycles. The third kappa shape index (κ3) is 5.87. The van der Waals surface area contributed by atoms with Crippen LogP contribution < -0.4 is 9.80 Å². The van der Waals surface area contributed by atoms with Crippen molar-refractivity contribution in [3.8, 4) is 0 Å². The van der Waals surface area contributed by atoms with Gasteiger partial charge in [0, 0.05) is 36.3 Å². The van der Waals surface area contributed by atoms with Gasteiger partial charge in [0.05, 0.1) is 35.8 Å². The fourth-order valence-corrected chi connectivity index (χ4v) is 9.90. The number of carbonyl (C=O) groups is 3. The van der Waals surface area contributed by atoms with Crippen molar-refractivity contribution in [2.75, 3.05) is 42.6 Å². The fourth-order valence-electron chi connectivity index (χ4n) is 7.51. The zero-order valence-corrected chi connectivity index (χ0v) is 27.1. The molecule has 3 unspecified atom stereocenters. The Morgan fingerprint density at radius 2 is 1.81 bits per heavy atom. The van der Waals surface area contributed by atoms with E-state index in [2.05, 4.69) is 38.8 Å². The smallest absolute Gasteiger partial charge is 0.310 e. The molecule has 9 heteroatoms. The van der Waals surface area contributed by atoms with Crippen molar-refractivity contribution in [2.24, 2.45) is 17.8 Å². The van der Waals surface area contributed by atoms with E-state index in [0.717, 1.165) is 50.1 Å². The molecule has 0 saturated carbocycles. The lowest BCUT2D eigenvalue weighted by Crippen LogP contribution is -2.59. The number of unbranched alkanes of at least 4 members (excludes halogenated alkanes) is 2. The number of allylic oxidation sites excluding steroid dienone is 1. The molecule has 7 atom stereocenters. The molecule has 236 valence electrons. The largest absolute Gasteiger partial charge is 0.465 e. The van der Waals surface area contributed by atoms with Gasteiger partial charge in [-0.1, -0.05) is 26.0 Å². The predicted octanol–water partition coefficient (Wildman–Crippen LogP) is 5.06. The second kappa shape index (κ2) is 14.3. The van der Waals surface area contributed by atoms with Gasteiger partial charge in [0.1, 0.15) is 6.04 Å². The van der Waals surface area contributed by atoms with Crippen molar-refractivity contribution in [2.45, 2.75) is 81.9 Å². The second-order valence-corrected chi connectivity index (χ2v) is 13.5. The van der Waals surface area contributed by atoms with E-state index in [-0.39, 0.29) is 42.1 Å². The molecule has 1 aromatic carbocycles. The number of rotatable bonds is 16. The Morgan fingerprint density at radius 3 is 2.40 bits per heavy atom. The molecule has 8 nitrogen and oxygen atoms in total. The van der Waals surface area contributed by atoms with Crippen LogP contribution in [-0.2, 0) is 19.1 Å². The summed E-state index contributed by atoms with van der Waals surface area (Å²) in [6, 6.07) is 6.59. The van der Waals surface area contributed by atoms with E-state index in [4.69, 9.17) is 4.74 Å².